The van der Waals surface area contributed by atoms with Crippen LogP contribution < -0.4 is 14.8 Å². The summed E-state index contributed by atoms with van der Waals surface area (Å²) in [5.74, 6) is 0.276. The van der Waals surface area contributed by atoms with Gasteiger partial charge in [0.1, 0.15) is 18.1 Å². The number of benzene rings is 3. The van der Waals surface area contributed by atoms with E-state index < -0.39 is 12.1 Å². The van der Waals surface area contributed by atoms with E-state index in [2.05, 4.69) is 5.32 Å². The maximum atomic E-state index is 12.6. The van der Waals surface area contributed by atoms with Crippen molar-refractivity contribution in [2.75, 3.05) is 6.61 Å². The van der Waals surface area contributed by atoms with Crippen LogP contribution in [0.4, 0.5) is 0 Å². The lowest BCUT2D eigenvalue weighted by Crippen LogP contribution is -2.34. The Bertz CT molecular complexity index is 1020. The molecular weight excluding hydrogens is 406 g/mol. The topological polar surface area (TPSA) is 73.9 Å². The van der Waals surface area contributed by atoms with Crippen LogP contribution in [0.1, 0.15) is 30.1 Å². The average Bonchev–Trinajstić information content (AvgIpc) is 3.65. The predicted molar refractivity (Wildman–Crippen MR) is 119 cm³/mol. The molecule has 0 heterocycles. The minimum absolute atomic E-state index is 0.172. The van der Waals surface area contributed by atoms with Gasteiger partial charge >= 0.3 is 5.97 Å². The molecule has 1 aliphatic rings. The summed E-state index contributed by atoms with van der Waals surface area (Å²) in [7, 11) is 0. The Labute approximate surface area is 187 Å². The molecule has 32 heavy (non-hydrogen) atoms. The summed E-state index contributed by atoms with van der Waals surface area (Å²) in [6.07, 6.45) is 0.909. The third kappa shape index (κ3) is 6.35. The van der Waals surface area contributed by atoms with Crippen LogP contribution in [-0.2, 0) is 20.9 Å². The van der Waals surface area contributed by atoms with Crippen LogP contribution in [-0.4, -0.2) is 24.5 Å². The molecular formula is C26H25NO5. The van der Waals surface area contributed by atoms with Gasteiger partial charge in [-0.05, 0) is 42.7 Å². The van der Waals surface area contributed by atoms with Gasteiger partial charge < -0.3 is 19.5 Å². The highest BCUT2D eigenvalue weighted by atomic mass is 16.6. The number of carbonyl (C=O) groups is 2. The summed E-state index contributed by atoms with van der Waals surface area (Å²) in [6, 6.07) is 26.0. The van der Waals surface area contributed by atoms with Gasteiger partial charge in [-0.3, -0.25) is 4.79 Å². The summed E-state index contributed by atoms with van der Waals surface area (Å²) in [6.45, 7) is 0.168. The Morgan fingerprint density at radius 1 is 0.812 bits per heavy atom. The van der Waals surface area contributed by atoms with E-state index in [0.717, 1.165) is 18.4 Å². The number of hydrogen-bond acceptors (Lipinski definition) is 5. The number of carbonyl (C=O) groups excluding carboxylic acids is 2. The quantitative estimate of drug-likeness (QED) is 0.487. The largest absolute Gasteiger partial charge is 0.489 e. The van der Waals surface area contributed by atoms with Gasteiger partial charge in [-0.15, -0.1) is 0 Å². The molecule has 0 aliphatic heterocycles. The molecule has 4 rings (SSSR count). The van der Waals surface area contributed by atoms with E-state index in [4.69, 9.17) is 14.2 Å². The van der Waals surface area contributed by atoms with Crippen LogP contribution in [0.3, 0.4) is 0 Å². The van der Waals surface area contributed by atoms with E-state index in [9.17, 15) is 9.59 Å². The molecule has 1 amide bonds. The number of rotatable bonds is 10. The van der Waals surface area contributed by atoms with Crippen LogP contribution in [0.25, 0.3) is 0 Å². The normalized spacial score (nSPS) is 13.6. The lowest BCUT2D eigenvalue weighted by molar-refractivity contribution is -0.158. The lowest BCUT2D eigenvalue weighted by Gasteiger charge is -2.18. The Kier molecular flexibility index (Phi) is 7.02. The van der Waals surface area contributed by atoms with Gasteiger partial charge in [0, 0.05) is 11.6 Å². The maximum Gasteiger partial charge on any atom is 0.345 e. The number of amides is 1. The average molecular weight is 431 g/mol. The standard InChI is InChI=1S/C26H25NO5/c28-24(32-25(20-9-5-2-6-10-20)26(29)27-21-11-12-21)18-31-23-15-13-22(14-16-23)30-17-19-7-3-1-4-8-19/h1-10,13-16,21,25H,11-12,17-18H2,(H,27,29). The van der Waals surface area contributed by atoms with Gasteiger partial charge in [0.05, 0.1) is 0 Å². The molecule has 0 radical (unpaired) electrons. The number of hydrogen-bond donors (Lipinski definition) is 1. The molecule has 3 aromatic carbocycles. The molecule has 0 spiro atoms. The minimum Gasteiger partial charge on any atom is -0.489 e. The SMILES string of the molecule is O=C(COc1ccc(OCc2ccccc2)cc1)OC(C(=O)NC1CC1)c1ccccc1. The first kappa shape index (κ1) is 21.4. The van der Waals surface area contributed by atoms with Gasteiger partial charge in [-0.1, -0.05) is 60.7 Å². The lowest BCUT2D eigenvalue weighted by atomic mass is 10.1. The van der Waals surface area contributed by atoms with E-state index in [-0.39, 0.29) is 18.6 Å². The van der Waals surface area contributed by atoms with Crippen molar-refractivity contribution in [1.82, 2.24) is 5.32 Å². The first-order valence-electron chi connectivity index (χ1n) is 10.6. The second-order valence-corrected chi connectivity index (χ2v) is 7.60. The van der Waals surface area contributed by atoms with Crippen molar-refractivity contribution in [2.45, 2.75) is 31.6 Å². The fourth-order valence-electron chi connectivity index (χ4n) is 3.09. The molecule has 1 atom stereocenters. The van der Waals surface area contributed by atoms with E-state index in [1.807, 2.05) is 36.4 Å². The molecule has 6 nitrogen and oxygen atoms in total. The Morgan fingerprint density at radius 3 is 2.03 bits per heavy atom. The van der Waals surface area contributed by atoms with Gasteiger partial charge in [0.2, 0.25) is 6.10 Å². The second-order valence-electron chi connectivity index (χ2n) is 7.60. The Morgan fingerprint density at radius 2 is 1.41 bits per heavy atom. The zero-order valence-electron chi connectivity index (χ0n) is 17.6. The molecule has 0 saturated heterocycles. The summed E-state index contributed by atoms with van der Waals surface area (Å²) >= 11 is 0. The fraction of sp³-hybridized carbons (Fsp3) is 0.231. The van der Waals surface area contributed by atoms with Crippen LogP contribution in [0.2, 0.25) is 0 Å². The van der Waals surface area contributed by atoms with E-state index in [1.54, 1.807) is 48.5 Å². The molecule has 0 aromatic heterocycles. The highest BCUT2D eigenvalue weighted by Gasteiger charge is 2.30. The van der Waals surface area contributed by atoms with Crippen molar-refractivity contribution in [3.05, 3.63) is 96.1 Å². The highest BCUT2D eigenvalue weighted by Crippen LogP contribution is 2.24. The smallest absolute Gasteiger partial charge is 0.345 e. The summed E-state index contributed by atoms with van der Waals surface area (Å²) < 4.78 is 16.7. The summed E-state index contributed by atoms with van der Waals surface area (Å²) in [5.41, 5.74) is 1.70. The predicted octanol–water partition coefficient (Wildman–Crippen LogP) is 4.21. The fourth-order valence-corrected chi connectivity index (χ4v) is 3.09. The van der Waals surface area contributed by atoms with E-state index in [0.29, 0.717) is 23.7 Å². The molecule has 0 bridgehead atoms. The van der Waals surface area contributed by atoms with Crippen molar-refractivity contribution in [3.63, 3.8) is 0 Å². The molecule has 6 heteroatoms. The van der Waals surface area contributed by atoms with Gasteiger partial charge in [-0.25, -0.2) is 4.79 Å². The first-order valence-corrected chi connectivity index (χ1v) is 10.6. The van der Waals surface area contributed by atoms with Crippen LogP contribution in [0.5, 0.6) is 11.5 Å². The summed E-state index contributed by atoms with van der Waals surface area (Å²) in [4.78, 5) is 24.9. The van der Waals surface area contributed by atoms with E-state index >= 15 is 0 Å². The third-order valence-corrected chi connectivity index (χ3v) is 4.94. The molecule has 1 fully saturated rings. The van der Waals surface area contributed by atoms with Crippen molar-refractivity contribution < 1.29 is 23.8 Å². The van der Waals surface area contributed by atoms with Gasteiger partial charge in [0.25, 0.3) is 5.91 Å². The first-order chi connectivity index (χ1) is 15.7. The Hall–Kier alpha value is -3.80. The van der Waals surface area contributed by atoms with Crippen molar-refractivity contribution in [1.29, 1.82) is 0 Å². The minimum atomic E-state index is -0.998. The molecule has 164 valence electrons. The maximum absolute atomic E-state index is 12.6. The van der Waals surface area contributed by atoms with Crippen LogP contribution in [0.15, 0.2) is 84.9 Å². The number of esters is 1. The molecule has 1 saturated carbocycles. The van der Waals surface area contributed by atoms with Gasteiger partial charge in [-0.2, -0.15) is 0 Å². The number of nitrogens with one attached hydrogen (secondary N) is 1. The van der Waals surface area contributed by atoms with Crippen LogP contribution >= 0.6 is 0 Å². The van der Waals surface area contributed by atoms with Crippen molar-refractivity contribution >= 4 is 11.9 Å². The summed E-state index contributed by atoms with van der Waals surface area (Å²) in [5, 5.41) is 2.89. The highest BCUT2D eigenvalue weighted by molar-refractivity contribution is 5.85. The molecule has 3 aromatic rings. The van der Waals surface area contributed by atoms with Crippen molar-refractivity contribution in [2.24, 2.45) is 0 Å². The number of ether oxygens (including phenoxy) is 3. The van der Waals surface area contributed by atoms with Crippen molar-refractivity contribution in [3.8, 4) is 11.5 Å². The molecule has 1 N–H and O–H groups in total. The Balaban J connectivity index is 1.28. The van der Waals surface area contributed by atoms with Crippen LogP contribution in [0, 0.1) is 0 Å². The van der Waals surface area contributed by atoms with Gasteiger partial charge in [0.15, 0.2) is 6.61 Å². The third-order valence-electron chi connectivity index (χ3n) is 4.94. The molecule has 1 unspecified atom stereocenters. The van der Waals surface area contributed by atoms with E-state index in [1.165, 1.54) is 0 Å². The zero-order chi connectivity index (χ0) is 22.2. The second kappa shape index (κ2) is 10.5. The zero-order valence-corrected chi connectivity index (χ0v) is 17.6. The monoisotopic (exact) mass is 431 g/mol. The molecule has 1 aliphatic carbocycles.